The van der Waals surface area contributed by atoms with Crippen LogP contribution in [0, 0.1) is 0 Å². The van der Waals surface area contributed by atoms with Crippen LogP contribution in [-0.4, -0.2) is 21.3 Å². The van der Waals surface area contributed by atoms with Crippen LogP contribution in [0.15, 0.2) is 218 Å². The average molecular weight is 820 g/mol. The van der Waals surface area contributed by atoms with Crippen LogP contribution in [0.25, 0.3) is 32.3 Å². The predicted octanol–water partition coefficient (Wildman–Crippen LogP) is 15.6. The van der Waals surface area contributed by atoms with E-state index < -0.39 is 0 Å². The maximum absolute atomic E-state index is 5.68. The van der Waals surface area contributed by atoms with Crippen molar-refractivity contribution < 1.29 is 14.2 Å². The van der Waals surface area contributed by atoms with Gasteiger partial charge in [-0.15, -0.1) is 0 Å². The number of benzene rings is 10. The summed E-state index contributed by atoms with van der Waals surface area (Å²) in [5.74, 6) is 2.36. The zero-order chi connectivity index (χ0) is 42.7. The second kappa shape index (κ2) is 17.0. The predicted molar refractivity (Wildman–Crippen MR) is 263 cm³/mol. The fourth-order valence-electron chi connectivity index (χ4n) is 8.65. The van der Waals surface area contributed by atoms with Crippen LogP contribution in [0.2, 0.25) is 0 Å². The van der Waals surface area contributed by atoms with Gasteiger partial charge >= 0.3 is 0 Å². The molecule has 0 bridgehead atoms. The summed E-state index contributed by atoms with van der Waals surface area (Å²) >= 11 is 0. The second-order valence-corrected chi connectivity index (χ2v) is 15.3. The summed E-state index contributed by atoms with van der Waals surface area (Å²) in [5.41, 5.74) is 8.97. The van der Waals surface area contributed by atoms with Gasteiger partial charge in [0, 0.05) is 33.2 Å². The van der Waals surface area contributed by atoms with Crippen molar-refractivity contribution in [2.75, 3.05) is 36.0 Å². The summed E-state index contributed by atoms with van der Waals surface area (Å²) in [4.78, 5) is 7.08. The van der Waals surface area contributed by atoms with E-state index in [0.717, 1.165) is 101 Å². The molecule has 6 nitrogen and oxygen atoms in total. The highest BCUT2D eigenvalue weighted by molar-refractivity contribution is 6.04. The lowest BCUT2D eigenvalue weighted by Gasteiger charge is -2.34. The molecule has 0 atom stereocenters. The number of methoxy groups -OCH3 is 3. The molecular weight excluding hydrogens is 775 g/mol. The SMILES string of the molecule is COc1ccc(N(c2cc(N(c3ccc(OC)cc3)c3cccc4ccccc34)cc(N(c3ccc(OC)cc3)c3cccc4ccccc34)c2)c2cccc3ccccc23)cc1. The number of nitrogens with zero attached hydrogens (tertiary/aromatic N) is 3. The lowest BCUT2D eigenvalue weighted by molar-refractivity contribution is 0.414. The Morgan fingerprint density at radius 1 is 0.254 bits per heavy atom. The highest BCUT2D eigenvalue weighted by Crippen LogP contribution is 2.49. The monoisotopic (exact) mass is 819 g/mol. The van der Waals surface area contributed by atoms with Gasteiger partial charge in [-0.05, 0) is 125 Å². The van der Waals surface area contributed by atoms with Crippen molar-refractivity contribution in [2.45, 2.75) is 0 Å². The Morgan fingerprint density at radius 2 is 0.508 bits per heavy atom. The first kappa shape index (κ1) is 38.9. The highest BCUT2D eigenvalue weighted by Gasteiger charge is 2.25. The number of rotatable bonds is 12. The molecule has 0 aliphatic carbocycles. The molecule has 0 aromatic heterocycles. The molecule has 0 aliphatic heterocycles. The van der Waals surface area contributed by atoms with E-state index in [1.165, 1.54) is 0 Å². The van der Waals surface area contributed by atoms with Crippen molar-refractivity contribution in [3.63, 3.8) is 0 Å². The van der Waals surface area contributed by atoms with E-state index in [0.29, 0.717) is 0 Å². The van der Waals surface area contributed by atoms with E-state index in [2.05, 4.69) is 197 Å². The van der Waals surface area contributed by atoms with Crippen LogP contribution >= 0.6 is 0 Å². The van der Waals surface area contributed by atoms with Gasteiger partial charge in [-0.25, -0.2) is 0 Å². The van der Waals surface area contributed by atoms with E-state index >= 15 is 0 Å². The minimum atomic E-state index is 0.786. The van der Waals surface area contributed by atoms with Crippen LogP contribution in [0.1, 0.15) is 0 Å². The number of hydrogen-bond acceptors (Lipinski definition) is 6. The molecule has 10 aromatic rings. The van der Waals surface area contributed by atoms with E-state index in [1.807, 2.05) is 36.4 Å². The molecule has 0 N–H and O–H groups in total. The van der Waals surface area contributed by atoms with Crippen molar-refractivity contribution in [3.8, 4) is 17.2 Å². The number of ether oxygens (including phenoxy) is 3. The molecule has 0 heterocycles. The molecule has 0 spiro atoms. The molecule has 0 amide bonds. The quantitative estimate of drug-likeness (QED) is 0.122. The van der Waals surface area contributed by atoms with E-state index in [-0.39, 0.29) is 0 Å². The molecule has 0 aliphatic rings. The van der Waals surface area contributed by atoms with Crippen LogP contribution < -0.4 is 28.9 Å². The summed E-state index contributed by atoms with van der Waals surface area (Å²) in [7, 11) is 5.11. The molecule has 0 saturated carbocycles. The van der Waals surface area contributed by atoms with E-state index in [9.17, 15) is 0 Å². The molecule has 10 aromatic carbocycles. The molecule has 0 saturated heterocycles. The normalized spacial score (nSPS) is 11.1. The van der Waals surface area contributed by atoms with Gasteiger partial charge in [-0.2, -0.15) is 0 Å². The molecule has 0 unspecified atom stereocenters. The maximum Gasteiger partial charge on any atom is 0.119 e. The van der Waals surface area contributed by atoms with Crippen LogP contribution in [0.4, 0.5) is 51.2 Å². The van der Waals surface area contributed by atoms with Gasteiger partial charge in [-0.3, -0.25) is 0 Å². The Labute approximate surface area is 368 Å². The van der Waals surface area contributed by atoms with Crippen molar-refractivity contribution >= 4 is 83.5 Å². The van der Waals surface area contributed by atoms with Gasteiger partial charge in [0.25, 0.3) is 0 Å². The first-order valence-electron chi connectivity index (χ1n) is 21.0. The summed E-state index contributed by atoms with van der Waals surface area (Å²) in [5, 5.41) is 6.84. The van der Waals surface area contributed by atoms with Crippen molar-refractivity contribution in [3.05, 3.63) is 218 Å². The first-order chi connectivity index (χ1) is 31.1. The topological polar surface area (TPSA) is 37.4 Å². The Kier molecular flexibility index (Phi) is 10.5. The van der Waals surface area contributed by atoms with Crippen molar-refractivity contribution in [1.29, 1.82) is 0 Å². The first-order valence-corrected chi connectivity index (χ1v) is 21.0. The smallest absolute Gasteiger partial charge is 0.119 e. The molecule has 6 heteroatoms. The maximum atomic E-state index is 5.68. The van der Waals surface area contributed by atoms with Gasteiger partial charge in [-0.1, -0.05) is 109 Å². The van der Waals surface area contributed by atoms with Gasteiger partial charge in [0.1, 0.15) is 17.2 Å². The zero-order valence-electron chi connectivity index (χ0n) is 35.4. The lowest BCUT2D eigenvalue weighted by atomic mass is 10.0. The fourth-order valence-corrected chi connectivity index (χ4v) is 8.65. The van der Waals surface area contributed by atoms with E-state index in [4.69, 9.17) is 14.2 Å². The summed E-state index contributed by atoms with van der Waals surface area (Å²) < 4.78 is 17.0. The van der Waals surface area contributed by atoms with Crippen LogP contribution in [0.5, 0.6) is 17.2 Å². The Morgan fingerprint density at radius 3 is 0.778 bits per heavy atom. The Balaban J connectivity index is 1.32. The second-order valence-electron chi connectivity index (χ2n) is 15.3. The van der Waals surface area contributed by atoms with Crippen molar-refractivity contribution in [2.24, 2.45) is 0 Å². The molecule has 0 radical (unpaired) electrons. The third-order valence-corrected chi connectivity index (χ3v) is 11.7. The fraction of sp³-hybridized carbons (Fsp3) is 0.0526. The molecule has 306 valence electrons. The van der Waals surface area contributed by atoms with Gasteiger partial charge in [0.2, 0.25) is 0 Å². The van der Waals surface area contributed by atoms with Gasteiger partial charge in [0.05, 0.1) is 55.5 Å². The summed E-state index contributed by atoms with van der Waals surface area (Å²) in [6, 6.07) is 77.1. The molecule has 63 heavy (non-hydrogen) atoms. The Hall–Kier alpha value is -8.22. The zero-order valence-corrected chi connectivity index (χ0v) is 35.4. The minimum Gasteiger partial charge on any atom is -0.497 e. The minimum absolute atomic E-state index is 0.786. The summed E-state index contributed by atoms with van der Waals surface area (Å²) in [6.45, 7) is 0. The molecule has 0 fully saturated rings. The standard InChI is InChI=1S/C57H45N3O3/c1-61-49-31-25-43(26-32-49)58(55-22-10-16-40-13-4-7-19-52(40)55)46-37-47(59(44-27-33-50(62-2)34-28-44)56-23-11-17-41-14-5-8-20-53(41)56)39-48(38-46)60(45-29-35-51(63-3)36-30-45)57-24-12-18-42-15-6-9-21-54(42)57/h4-39H,1-3H3. The molecular formula is C57H45N3O3. The van der Waals surface area contributed by atoms with Gasteiger partial charge < -0.3 is 28.9 Å². The van der Waals surface area contributed by atoms with Crippen molar-refractivity contribution in [1.82, 2.24) is 0 Å². The Bertz CT molecular complexity index is 2830. The van der Waals surface area contributed by atoms with Crippen LogP contribution in [0.3, 0.4) is 0 Å². The lowest BCUT2D eigenvalue weighted by Crippen LogP contribution is -2.17. The van der Waals surface area contributed by atoms with Gasteiger partial charge in [0.15, 0.2) is 0 Å². The summed E-state index contributed by atoms with van der Waals surface area (Å²) in [6.07, 6.45) is 0. The average Bonchev–Trinajstić information content (AvgIpc) is 3.35. The number of hydrogen-bond donors (Lipinski definition) is 0. The largest absolute Gasteiger partial charge is 0.497 e. The third kappa shape index (κ3) is 7.49. The van der Waals surface area contributed by atoms with Crippen LogP contribution in [-0.2, 0) is 0 Å². The number of fused-ring (bicyclic) bond motifs is 3. The number of anilines is 9. The molecule has 10 rings (SSSR count). The highest BCUT2D eigenvalue weighted by atomic mass is 16.5. The van der Waals surface area contributed by atoms with E-state index in [1.54, 1.807) is 21.3 Å². The third-order valence-electron chi connectivity index (χ3n) is 11.7.